The van der Waals surface area contributed by atoms with E-state index in [1.165, 1.54) is 27.5 Å². The van der Waals surface area contributed by atoms with Crippen LogP contribution in [0.5, 0.6) is 0 Å². The predicted molar refractivity (Wildman–Crippen MR) is 115 cm³/mol. The van der Waals surface area contributed by atoms with Gasteiger partial charge in [-0.1, -0.05) is 61.9 Å². The maximum absolute atomic E-state index is 9.92. The van der Waals surface area contributed by atoms with Crippen molar-refractivity contribution < 1.29 is 0 Å². The summed E-state index contributed by atoms with van der Waals surface area (Å²) in [6.07, 6.45) is 4.03. The summed E-state index contributed by atoms with van der Waals surface area (Å²) >= 11 is 0. The van der Waals surface area contributed by atoms with Gasteiger partial charge in [0.25, 0.3) is 0 Å². The van der Waals surface area contributed by atoms with Crippen molar-refractivity contribution in [1.29, 1.82) is 5.26 Å². The summed E-state index contributed by atoms with van der Waals surface area (Å²) < 4.78 is 0. The van der Waals surface area contributed by atoms with Crippen LogP contribution in [0.25, 0.3) is 10.8 Å². The van der Waals surface area contributed by atoms with Crippen LogP contribution < -0.4 is 0 Å². The van der Waals surface area contributed by atoms with E-state index in [1.807, 2.05) is 0 Å². The molecule has 2 aromatic rings. The molecule has 0 saturated carbocycles. The first-order chi connectivity index (χ1) is 12.1. The lowest BCUT2D eigenvalue weighted by Gasteiger charge is -2.22. The third kappa shape index (κ3) is 5.59. The summed E-state index contributed by atoms with van der Waals surface area (Å²) in [7, 11) is 0. The average Bonchev–Trinajstić information content (AvgIpc) is 2.63. The lowest BCUT2D eigenvalue weighted by atomic mass is 9.86. The summed E-state index contributed by atoms with van der Waals surface area (Å²) in [4.78, 5) is 2.39. The summed E-state index contributed by atoms with van der Waals surface area (Å²) in [5.41, 5.74) is 3.83. The number of nitrogens with zero attached hydrogens (tertiary/aromatic N) is 2. The lowest BCUT2D eigenvalue weighted by Crippen LogP contribution is -2.25. The van der Waals surface area contributed by atoms with Crippen molar-refractivity contribution >= 4 is 23.2 Å². The minimum Gasteiger partial charge on any atom is -0.304 e. The first-order valence-electron chi connectivity index (χ1n) is 9.36. The Bertz CT molecular complexity index is 765. The zero-order chi connectivity index (χ0) is 18.2. The third-order valence-electron chi connectivity index (χ3n) is 4.92. The van der Waals surface area contributed by atoms with Crippen LogP contribution in [0.4, 0.5) is 0 Å². The second-order valence-corrected chi connectivity index (χ2v) is 6.84. The van der Waals surface area contributed by atoms with E-state index in [0.717, 1.165) is 32.5 Å². The number of halogens is 1. The molecule has 0 radical (unpaired) electrons. The van der Waals surface area contributed by atoms with Crippen molar-refractivity contribution in [2.75, 3.05) is 19.6 Å². The molecule has 26 heavy (non-hydrogen) atoms. The first-order valence-corrected chi connectivity index (χ1v) is 9.36. The predicted octanol–water partition coefficient (Wildman–Crippen LogP) is 6.11. The Labute approximate surface area is 164 Å². The third-order valence-corrected chi connectivity index (χ3v) is 4.92. The number of hydrogen-bond acceptors (Lipinski definition) is 2. The van der Waals surface area contributed by atoms with Crippen molar-refractivity contribution in [3.8, 4) is 6.07 Å². The van der Waals surface area contributed by atoms with Gasteiger partial charge in [-0.15, -0.1) is 12.4 Å². The highest BCUT2D eigenvalue weighted by Gasteiger charge is 2.18. The second-order valence-electron chi connectivity index (χ2n) is 6.84. The fourth-order valence-corrected chi connectivity index (χ4v) is 3.37. The number of nitriles is 1. The SMILES string of the molecule is CCN(CC)CCC(C#N)c1c(CC=C(C)C)ccc2ccccc12.Cl. The van der Waals surface area contributed by atoms with Gasteiger partial charge in [0, 0.05) is 0 Å². The fourth-order valence-electron chi connectivity index (χ4n) is 3.37. The Hall–Kier alpha value is -1.82. The second kappa shape index (κ2) is 11.0. The van der Waals surface area contributed by atoms with Gasteiger partial charge in [0.15, 0.2) is 0 Å². The number of benzene rings is 2. The molecule has 0 saturated heterocycles. The number of fused-ring (bicyclic) bond motifs is 1. The molecule has 3 heteroatoms. The molecule has 2 aromatic carbocycles. The quantitative estimate of drug-likeness (QED) is 0.524. The van der Waals surface area contributed by atoms with Gasteiger partial charge in [0.05, 0.1) is 12.0 Å². The minimum atomic E-state index is -0.0627. The summed E-state index contributed by atoms with van der Waals surface area (Å²) in [6, 6.07) is 15.4. The van der Waals surface area contributed by atoms with Crippen molar-refractivity contribution in [2.45, 2.75) is 46.5 Å². The number of allylic oxidation sites excluding steroid dienone is 2. The van der Waals surface area contributed by atoms with E-state index in [-0.39, 0.29) is 18.3 Å². The van der Waals surface area contributed by atoms with Gasteiger partial charge in [0.1, 0.15) is 0 Å². The molecule has 140 valence electrons. The average molecular weight is 371 g/mol. The monoisotopic (exact) mass is 370 g/mol. The van der Waals surface area contributed by atoms with E-state index in [1.54, 1.807) is 0 Å². The molecule has 0 spiro atoms. The Morgan fingerprint density at radius 1 is 1.12 bits per heavy atom. The van der Waals surface area contributed by atoms with E-state index < -0.39 is 0 Å². The van der Waals surface area contributed by atoms with Crippen molar-refractivity contribution in [1.82, 2.24) is 4.90 Å². The van der Waals surface area contributed by atoms with E-state index in [2.05, 4.69) is 81.1 Å². The Morgan fingerprint density at radius 2 is 1.81 bits per heavy atom. The van der Waals surface area contributed by atoms with Gasteiger partial charge in [-0.2, -0.15) is 5.26 Å². The number of hydrogen-bond donors (Lipinski definition) is 0. The summed E-state index contributed by atoms with van der Waals surface area (Å²) in [5, 5.41) is 12.4. The van der Waals surface area contributed by atoms with Gasteiger partial charge in [-0.05, 0) is 68.2 Å². The Morgan fingerprint density at radius 3 is 2.42 bits per heavy atom. The van der Waals surface area contributed by atoms with Gasteiger partial charge in [-0.25, -0.2) is 0 Å². The van der Waals surface area contributed by atoms with Crippen molar-refractivity contribution in [3.05, 3.63) is 59.2 Å². The summed E-state index contributed by atoms with van der Waals surface area (Å²) in [6.45, 7) is 11.7. The first kappa shape index (κ1) is 22.2. The lowest BCUT2D eigenvalue weighted by molar-refractivity contribution is 0.296. The minimum absolute atomic E-state index is 0. The van der Waals surface area contributed by atoms with E-state index in [4.69, 9.17) is 0 Å². The molecule has 0 amide bonds. The molecule has 0 aliphatic carbocycles. The highest BCUT2D eigenvalue weighted by atomic mass is 35.5. The smallest absolute Gasteiger partial charge is 0.0733 e. The largest absolute Gasteiger partial charge is 0.304 e. The molecular formula is C23H31ClN2. The standard InChI is InChI=1S/C23H30N2.ClH/c1-5-25(6-2)16-15-21(17-24)23-20(12-11-18(3)4)14-13-19-9-7-8-10-22(19)23;/h7-11,13-14,21H,5-6,12,15-16H2,1-4H3;1H. The maximum atomic E-state index is 9.92. The van der Waals surface area contributed by atoms with Crippen LogP contribution in [0.3, 0.4) is 0 Å². The molecule has 0 bridgehead atoms. The maximum Gasteiger partial charge on any atom is 0.0733 e. The van der Waals surface area contributed by atoms with Gasteiger partial charge in [-0.3, -0.25) is 0 Å². The molecule has 0 N–H and O–H groups in total. The molecule has 2 rings (SSSR count). The van der Waals surface area contributed by atoms with Gasteiger partial charge >= 0.3 is 0 Å². The molecule has 0 aliphatic rings. The zero-order valence-electron chi connectivity index (χ0n) is 16.5. The molecule has 1 unspecified atom stereocenters. The van der Waals surface area contributed by atoms with E-state index in [0.29, 0.717) is 0 Å². The van der Waals surface area contributed by atoms with E-state index in [9.17, 15) is 5.26 Å². The van der Waals surface area contributed by atoms with Crippen LogP contribution in [-0.4, -0.2) is 24.5 Å². The van der Waals surface area contributed by atoms with Crippen LogP contribution in [0.2, 0.25) is 0 Å². The highest BCUT2D eigenvalue weighted by molar-refractivity contribution is 5.87. The van der Waals surface area contributed by atoms with Crippen LogP contribution in [0, 0.1) is 11.3 Å². The highest BCUT2D eigenvalue weighted by Crippen LogP contribution is 2.32. The zero-order valence-corrected chi connectivity index (χ0v) is 17.3. The molecule has 0 aromatic heterocycles. The van der Waals surface area contributed by atoms with Crippen LogP contribution >= 0.6 is 12.4 Å². The molecule has 1 atom stereocenters. The summed E-state index contributed by atoms with van der Waals surface area (Å²) in [5.74, 6) is -0.0627. The van der Waals surface area contributed by atoms with Crippen LogP contribution in [0.15, 0.2) is 48.0 Å². The number of rotatable bonds is 8. The van der Waals surface area contributed by atoms with Gasteiger partial charge in [0.2, 0.25) is 0 Å². The molecule has 0 fully saturated rings. The molecular weight excluding hydrogens is 340 g/mol. The van der Waals surface area contributed by atoms with Crippen LogP contribution in [0.1, 0.15) is 51.2 Å². The normalized spacial score (nSPS) is 11.7. The van der Waals surface area contributed by atoms with E-state index >= 15 is 0 Å². The molecule has 0 heterocycles. The fraction of sp³-hybridized carbons (Fsp3) is 0.435. The topological polar surface area (TPSA) is 27.0 Å². The Kier molecular flexibility index (Phi) is 9.41. The van der Waals surface area contributed by atoms with Gasteiger partial charge < -0.3 is 4.90 Å². The molecule has 0 aliphatic heterocycles. The van der Waals surface area contributed by atoms with Crippen LogP contribution in [-0.2, 0) is 6.42 Å². The van der Waals surface area contributed by atoms with Crippen molar-refractivity contribution in [3.63, 3.8) is 0 Å². The molecule has 2 nitrogen and oxygen atoms in total. The van der Waals surface area contributed by atoms with Crippen molar-refractivity contribution in [2.24, 2.45) is 0 Å². The Balaban J connectivity index is 0.00000338.